The van der Waals surface area contributed by atoms with Crippen LogP contribution >= 0.6 is 15.9 Å². The second-order valence-corrected chi connectivity index (χ2v) is 7.88. The third-order valence-corrected chi connectivity index (χ3v) is 5.47. The van der Waals surface area contributed by atoms with Crippen LogP contribution in [0.1, 0.15) is 34.8 Å². The molecule has 0 unspecified atom stereocenters. The van der Waals surface area contributed by atoms with E-state index in [-0.39, 0.29) is 11.9 Å². The molecule has 1 amide bonds. The number of nitrogens with zero attached hydrogens (tertiary/aromatic N) is 2. The van der Waals surface area contributed by atoms with Crippen LogP contribution in [0.15, 0.2) is 53.0 Å². The number of anilines is 1. The van der Waals surface area contributed by atoms with Gasteiger partial charge in [-0.2, -0.15) is 0 Å². The molecule has 1 aliphatic rings. The van der Waals surface area contributed by atoms with Crippen molar-refractivity contribution >= 4 is 27.5 Å². The van der Waals surface area contributed by atoms with E-state index in [1.54, 1.807) is 0 Å². The van der Waals surface area contributed by atoms with Crippen LogP contribution in [0.2, 0.25) is 0 Å². The van der Waals surface area contributed by atoms with Gasteiger partial charge in [0.05, 0.1) is 6.04 Å². The van der Waals surface area contributed by atoms with E-state index in [1.165, 1.54) is 24.1 Å². The maximum Gasteiger partial charge on any atom is 0.251 e. The molecule has 26 heavy (non-hydrogen) atoms. The Morgan fingerprint density at radius 2 is 1.69 bits per heavy atom. The molecule has 5 heteroatoms. The monoisotopic (exact) mass is 415 g/mol. The molecule has 0 spiro atoms. The van der Waals surface area contributed by atoms with Crippen LogP contribution in [0.3, 0.4) is 0 Å². The highest BCUT2D eigenvalue weighted by Gasteiger charge is 2.24. The summed E-state index contributed by atoms with van der Waals surface area (Å²) in [6, 6.07) is 16.4. The van der Waals surface area contributed by atoms with Gasteiger partial charge in [-0.25, -0.2) is 0 Å². The number of hydrogen-bond donors (Lipinski definition) is 1. The number of carbonyl (C=O) groups excluding carboxylic acids is 1. The van der Waals surface area contributed by atoms with Gasteiger partial charge in [0.15, 0.2) is 0 Å². The van der Waals surface area contributed by atoms with E-state index in [1.807, 2.05) is 38.4 Å². The van der Waals surface area contributed by atoms with Gasteiger partial charge < -0.3 is 10.2 Å². The molecule has 2 aromatic rings. The van der Waals surface area contributed by atoms with Gasteiger partial charge in [-0.1, -0.05) is 28.1 Å². The van der Waals surface area contributed by atoms with Gasteiger partial charge in [0, 0.05) is 36.4 Å². The maximum atomic E-state index is 12.5. The normalized spacial score (nSPS) is 15.7. The SMILES string of the molecule is CN(C)c1ccc([C@@H](CNC(=O)c2ccc(Br)cc2)N2CCCC2)cc1. The highest BCUT2D eigenvalue weighted by Crippen LogP contribution is 2.26. The van der Waals surface area contributed by atoms with Crippen molar-refractivity contribution in [3.8, 4) is 0 Å². The first-order chi connectivity index (χ1) is 12.5. The molecule has 3 rings (SSSR count). The van der Waals surface area contributed by atoms with E-state index in [4.69, 9.17) is 0 Å². The van der Waals surface area contributed by atoms with Crippen molar-refractivity contribution in [3.05, 3.63) is 64.1 Å². The first-order valence-corrected chi connectivity index (χ1v) is 9.89. The molecule has 1 aliphatic heterocycles. The van der Waals surface area contributed by atoms with Crippen LogP contribution in [0.5, 0.6) is 0 Å². The number of benzene rings is 2. The summed E-state index contributed by atoms with van der Waals surface area (Å²) in [7, 11) is 4.09. The van der Waals surface area contributed by atoms with Crippen molar-refractivity contribution in [2.24, 2.45) is 0 Å². The highest BCUT2D eigenvalue weighted by molar-refractivity contribution is 9.10. The lowest BCUT2D eigenvalue weighted by Crippen LogP contribution is -2.36. The van der Waals surface area contributed by atoms with Crippen molar-refractivity contribution in [3.63, 3.8) is 0 Å². The smallest absolute Gasteiger partial charge is 0.251 e. The molecule has 0 saturated carbocycles. The fraction of sp³-hybridized carbons (Fsp3) is 0.381. The topological polar surface area (TPSA) is 35.6 Å². The number of nitrogens with one attached hydrogen (secondary N) is 1. The van der Waals surface area contributed by atoms with E-state index in [9.17, 15) is 4.79 Å². The lowest BCUT2D eigenvalue weighted by molar-refractivity contribution is 0.0938. The Bertz CT molecular complexity index is 722. The van der Waals surface area contributed by atoms with E-state index in [2.05, 4.69) is 55.3 Å². The summed E-state index contributed by atoms with van der Waals surface area (Å²) in [5, 5.41) is 3.12. The van der Waals surface area contributed by atoms with E-state index in [0.717, 1.165) is 17.6 Å². The van der Waals surface area contributed by atoms with Crippen LogP contribution in [-0.4, -0.2) is 44.5 Å². The molecule has 1 saturated heterocycles. The predicted octanol–water partition coefficient (Wildman–Crippen LogP) is 4.08. The zero-order valence-corrected chi connectivity index (χ0v) is 17.0. The van der Waals surface area contributed by atoms with Crippen molar-refractivity contribution in [2.45, 2.75) is 18.9 Å². The molecule has 0 bridgehead atoms. The second-order valence-electron chi connectivity index (χ2n) is 6.96. The number of halogens is 1. The van der Waals surface area contributed by atoms with Crippen molar-refractivity contribution in [1.82, 2.24) is 10.2 Å². The molecule has 0 radical (unpaired) electrons. The van der Waals surface area contributed by atoms with Gasteiger partial charge in [-0.15, -0.1) is 0 Å². The number of carbonyl (C=O) groups is 1. The number of hydrogen-bond acceptors (Lipinski definition) is 3. The van der Waals surface area contributed by atoms with Gasteiger partial charge >= 0.3 is 0 Å². The molecular weight excluding hydrogens is 390 g/mol. The van der Waals surface area contributed by atoms with Crippen molar-refractivity contribution < 1.29 is 4.79 Å². The van der Waals surface area contributed by atoms with Gasteiger partial charge in [-0.05, 0) is 67.9 Å². The fourth-order valence-electron chi connectivity index (χ4n) is 3.40. The predicted molar refractivity (Wildman–Crippen MR) is 111 cm³/mol. The van der Waals surface area contributed by atoms with Crippen LogP contribution in [0.25, 0.3) is 0 Å². The van der Waals surface area contributed by atoms with Crippen LogP contribution in [0.4, 0.5) is 5.69 Å². The maximum absolute atomic E-state index is 12.5. The number of likely N-dealkylation sites (tertiary alicyclic amines) is 1. The highest BCUT2D eigenvalue weighted by atomic mass is 79.9. The fourth-order valence-corrected chi connectivity index (χ4v) is 3.66. The summed E-state index contributed by atoms with van der Waals surface area (Å²) in [5.74, 6) is -0.0217. The second kappa shape index (κ2) is 8.69. The van der Waals surface area contributed by atoms with E-state index < -0.39 is 0 Å². The minimum absolute atomic E-state index is 0.0217. The Morgan fingerprint density at radius 1 is 1.08 bits per heavy atom. The molecule has 0 aliphatic carbocycles. The van der Waals surface area contributed by atoms with Crippen molar-refractivity contribution in [1.29, 1.82) is 0 Å². The Morgan fingerprint density at radius 3 is 2.27 bits per heavy atom. The Labute approximate surface area is 164 Å². The molecular formula is C21H26BrN3O. The largest absolute Gasteiger partial charge is 0.378 e. The van der Waals surface area contributed by atoms with Gasteiger partial charge in [0.25, 0.3) is 5.91 Å². The van der Waals surface area contributed by atoms with E-state index >= 15 is 0 Å². The average Bonchev–Trinajstić information content (AvgIpc) is 3.17. The lowest BCUT2D eigenvalue weighted by atomic mass is 10.0. The molecule has 0 aromatic heterocycles. The summed E-state index contributed by atoms with van der Waals surface area (Å²) in [6.45, 7) is 2.80. The Kier molecular flexibility index (Phi) is 6.33. The van der Waals surface area contributed by atoms with Crippen LogP contribution in [0, 0.1) is 0 Å². The van der Waals surface area contributed by atoms with E-state index in [0.29, 0.717) is 12.1 Å². The van der Waals surface area contributed by atoms with Crippen LogP contribution < -0.4 is 10.2 Å². The number of amides is 1. The third-order valence-electron chi connectivity index (χ3n) is 4.94. The summed E-state index contributed by atoms with van der Waals surface area (Å²) in [5.41, 5.74) is 3.14. The molecule has 138 valence electrons. The molecule has 1 heterocycles. The van der Waals surface area contributed by atoms with Crippen molar-refractivity contribution in [2.75, 3.05) is 38.6 Å². The summed E-state index contributed by atoms with van der Waals surface area (Å²) >= 11 is 3.41. The first-order valence-electron chi connectivity index (χ1n) is 9.10. The molecule has 4 nitrogen and oxygen atoms in total. The standard InChI is InChI=1S/C21H26BrN3O/c1-24(2)19-11-7-16(8-12-19)20(25-13-3-4-14-25)15-23-21(26)17-5-9-18(22)10-6-17/h5-12,20H,3-4,13-15H2,1-2H3,(H,23,26)/t20-/m1/s1. The minimum atomic E-state index is -0.0217. The molecule has 1 fully saturated rings. The Balaban J connectivity index is 1.72. The third kappa shape index (κ3) is 4.65. The summed E-state index contributed by atoms with van der Waals surface area (Å²) in [4.78, 5) is 17.1. The zero-order chi connectivity index (χ0) is 18.5. The zero-order valence-electron chi connectivity index (χ0n) is 15.4. The summed E-state index contributed by atoms with van der Waals surface area (Å²) < 4.78 is 0.977. The van der Waals surface area contributed by atoms with Gasteiger partial charge in [0.1, 0.15) is 0 Å². The lowest BCUT2D eigenvalue weighted by Gasteiger charge is -2.28. The summed E-state index contributed by atoms with van der Waals surface area (Å²) in [6.07, 6.45) is 2.46. The molecule has 2 aromatic carbocycles. The molecule has 1 atom stereocenters. The van der Waals surface area contributed by atoms with Gasteiger partial charge in [-0.3, -0.25) is 9.69 Å². The minimum Gasteiger partial charge on any atom is -0.378 e. The number of rotatable bonds is 6. The first kappa shape index (κ1) is 18.9. The van der Waals surface area contributed by atoms with Gasteiger partial charge in [0.2, 0.25) is 0 Å². The van der Waals surface area contributed by atoms with Crippen LogP contribution in [-0.2, 0) is 0 Å². The molecule has 1 N–H and O–H groups in total. The Hall–Kier alpha value is -1.85. The quantitative estimate of drug-likeness (QED) is 0.771. The average molecular weight is 416 g/mol.